The van der Waals surface area contributed by atoms with Crippen LogP contribution >= 0.6 is 0 Å². The van der Waals surface area contributed by atoms with Gasteiger partial charge >= 0.3 is 0 Å². The van der Waals surface area contributed by atoms with Crippen LogP contribution in [0.5, 0.6) is 5.75 Å². The van der Waals surface area contributed by atoms with Crippen LogP contribution in [0.1, 0.15) is 67.4 Å². The van der Waals surface area contributed by atoms with E-state index in [1.165, 1.54) is 30.0 Å². The molecule has 1 aliphatic heterocycles. The molecule has 1 atom stereocenters. The third-order valence-electron chi connectivity index (χ3n) is 7.60. The Bertz CT molecular complexity index is 1300. The van der Waals surface area contributed by atoms with Crippen LogP contribution in [0, 0.1) is 17.6 Å². The molecule has 9 heteroatoms. The zero-order valence-corrected chi connectivity index (χ0v) is 20.5. The Hall–Kier alpha value is -3.49. The lowest BCUT2D eigenvalue weighted by molar-refractivity contribution is -0.121. The molecule has 2 aromatic heterocycles. The molecule has 1 aromatic carbocycles. The number of methoxy groups -OCH3 is 1. The van der Waals surface area contributed by atoms with E-state index in [0.29, 0.717) is 36.4 Å². The van der Waals surface area contributed by atoms with Gasteiger partial charge in [-0.1, -0.05) is 0 Å². The number of carbonyl (C=O) groups excluding carboxylic acids is 2. The fraction of sp³-hybridized carbons (Fsp3) is 0.444. The van der Waals surface area contributed by atoms with Crippen LogP contribution in [-0.2, 0) is 4.79 Å². The number of ketones is 1. The lowest BCUT2D eigenvalue weighted by Crippen LogP contribution is -2.38. The first-order valence-corrected chi connectivity index (χ1v) is 12.4. The van der Waals surface area contributed by atoms with Crippen LogP contribution in [0.2, 0.25) is 0 Å². The van der Waals surface area contributed by atoms with E-state index in [4.69, 9.17) is 4.74 Å². The molecule has 0 spiro atoms. The quantitative estimate of drug-likeness (QED) is 0.529. The standard InChI is InChI=1S/C27H30F2N4O3/c1-16(34)17-5-8-19(9-6-17)31-27(35)21-15-30-33-13-11-23(25(29)26(21)33)32-12-3-4-22(32)20-14-18(28)7-10-24(20)36-2/h7,10-11,13-15,17,19,22H,3-6,8-9,12H2,1-2H3,(H,31,35)/t17?,19?,22-/m1/s1. The zero-order chi connectivity index (χ0) is 25.4. The van der Waals surface area contributed by atoms with Crippen molar-refractivity contribution < 1.29 is 23.1 Å². The fourth-order valence-electron chi connectivity index (χ4n) is 5.67. The van der Waals surface area contributed by atoms with Gasteiger partial charge in [-0.25, -0.2) is 13.3 Å². The van der Waals surface area contributed by atoms with Crippen molar-refractivity contribution >= 4 is 22.9 Å². The summed E-state index contributed by atoms with van der Waals surface area (Å²) in [5.41, 5.74) is 1.29. The molecule has 36 heavy (non-hydrogen) atoms. The average Bonchev–Trinajstić information content (AvgIpc) is 3.52. The van der Waals surface area contributed by atoms with E-state index in [1.807, 2.05) is 4.90 Å². The number of fused-ring (bicyclic) bond motifs is 1. The monoisotopic (exact) mass is 496 g/mol. The topological polar surface area (TPSA) is 75.9 Å². The predicted octanol–water partition coefficient (Wildman–Crippen LogP) is 4.84. The molecular weight excluding hydrogens is 466 g/mol. The van der Waals surface area contributed by atoms with Gasteiger partial charge in [-0.15, -0.1) is 0 Å². The SMILES string of the molecule is COc1ccc(F)cc1[C@H]1CCCN1c1ccn2ncc(C(=O)NC3CCC(C(C)=O)CC3)c2c1F. The number of nitrogens with zero attached hydrogens (tertiary/aromatic N) is 3. The van der Waals surface area contributed by atoms with E-state index in [9.17, 15) is 14.0 Å². The fourth-order valence-corrected chi connectivity index (χ4v) is 5.67. The lowest BCUT2D eigenvalue weighted by Gasteiger charge is -2.29. The highest BCUT2D eigenvalue weighted by Crippen LogP contribution is 2.41. The number of anilines is 1. The minimum absolute atomic E-state index is 0.0558. The summed E-state index contributed by atoms with van der Waals surface area (Å²) in [5, 5.41) is 7.20. The minimum Gasteiger partial charge on any atom is -0.496 e. The first kappa shape index (κ1) is 24.2. The molecule has 1 saturated heterocycles. The van der Waals surface area contributed by atoms with Crippen molar-refractivity contribution in [2.75, 3.05) is 18.6 Å². The molecule has 1 saturated carbocycles. The van der Waals surface area contributed by atoms with Gasteiger partial charge in [0.25, 0.3) is 5.91 Å². The summed E-state index contributed by atoms with van der Waals surface area (Å²) >= 11 is 0. The number of amides is 1. The van der Waals surface area contributed by atoms with E-state index in [2.05, 4.69) is 10.4 Å². The highest BCUT2D eigenvalue weighted by atomic mass is 19.1. The molecule has 2 aliphatic rings. The summed E-state index contributed by atoms with van der Waals surface area (Å²) in [7, 11) is 1.53. The van der Waals surface area contributed by atoms with Crippen molar-refractivity contribution in [3.05, 3.63) is 59.4 Å². The maximum absolute atomic E-state index is 16.0. The van der Waals surface area contributed by atoms with Crippen LogP contribution < -0.4 is 15.0 Å². The number of hydrogen-bond acceptors (Lipinski definition) is 5. The summed E-state index contributed by atoms with van der Waals surface area (Å²) in [5.74, 6) is -0.493. The maximum Gasteiger partial charge on any atom is 0.255 e. The molecular formula is C27H30F2N4O3. The first-order chi connectivity index (χ1) is 17.4. The van der Waals surface area contributed by atoms with Gasteiger partial charge in [0.15, 0.2) is 5.82 Å². The van der Waals surface area contributed by atoms with E-state index < -0.39 is 5.82 Å². The van der Waals surface area contributed by atoms with Crippen LogP contribution in [0.4, 0.5) is 14.5 Å². The second-order valence-electron chi connectivity index (χ2n) is 9.74. The van der Waals surface area contributed by atoms with Crippen LogP contribution in [-0.4, -0.2) is 41.0 Å². The van der Waals surface area contributed by atoms with Crippen LogP contribution in [0.3, 0.4) is 0 Å². The number of nitrogens with one attached hydrogen (secondary N) is 1. The van der Waals surface area contributed by atoms with Gasteiger partial charge in [-0.2, -0.15) is 5.10 Å². The number of aromatic nitrogens is 2. The number of rotatable bonds is 6. The van der Waals surface area contributed by atoms with Gasteiger partial charge in [0.1, 0.15) is 22.9 Å². The van der Waals surface area contributed by atoms with Gasteiger partial charge in [-0.3, -0.25) is 9.59 Å². The number of pyridine rings is 1. The summed E-state index contributed by atoms with van der Waals surface area (Å²) in [6.45, 7) is 2.20. The van der Waals surface area contributed by atoms with E-state index in [0.717, 1.165) is 25.7 Å². The van der Waals surface area contributed by atoms with E-state index in [-0.39, 0.29) is 46.6 Å². The number of benzene rings is 1. The van der Waals surface area contributed by atoms with Gasteiger partial charge in [0.2, 0.25) is 0 Å². The Morgan fingerprint density at radius 1 is 1.11 bits per heavy atom. The molecule has 1 N–H and O–H groups in total. The number of carbonyl (C=O) groups is 2. The van der Waals surface area contributed by atoms with Gasteiger partial charge in [0, 0.05) is 30.3 Å². The molecule has 190 valence electrons. The van der Waals surface area contributed by atoms with Crippen molar-refractivity contribution in [2.45, 2.75) is 57.5 Å². The van der Waals surface area contributed by atoms with Gasteiger partial charge in [-0.05, 0) is 69.7 Å². The Kier molecular flexibility index (Phi) is 6.64. The molecule has 5 rings (SSSR count). The van der Waals surface area contributed by atoms with Gasteiger partial charge < -0.3 is 15.0 Å². The van der Waals surface area contributed by atoms with Crippen molar-refractivity contribution in [1.29, 1.82) is 0 Å². The second-order valence-corrected chi connectivity index (χ2v) is 9.74. The van der Waals surface area contributed by atoms with Crippen molar-refractivity contribution in [3.8, 4) is 5.75 Å². The lowest BCUT2D eigenvalue weighted by atomic mass is 9.84. The largest absolute Gasteiger partial charge is 0.496 e. The highest BCUT2D eigenvalue weighted by molar-refractivity contribution is 6.01. The summed E-state index contributed by atoms with van der Waals surface area (Å²) in [4.78, 5) is 26.7. The second kappa shape index (κ2) is 9.87. The van der Waals surface area contributed by atoms with Crippen molar-refractivity contribution in [3.63, 3.8) is 0 Å². The molecule has 2 fully saturated rings. The summed E-state index contributed by atoms with van der Waals surface area (Å²) < 4.78 is 36.9. The molecule has 0 radical (unpaired) electrons. The van der Waals surface area contributed by atoms with Crippen molar-refractivity contribution in [1.82, 2.24) is 14.9 Å². The molecule has 3 heterocycles. The Morgan fingerprint density at radius 2 is 1.89 bits per heavy atom. The smallest absolute Gasteiger partial charge is 0.255 e. The van der Waals surface area contributed by atoms with Gasteiger partial charge in [0.05, 0.1) is 30.6 Å². The van der Waals surface area contributed by atoms with E-state index >= 15 is 4.39 Å². The zero-order valence-electron chi connectivity index (χ0n) is 20.5. The van der Waals surface area contributed by atoms with Crippen LogP contribution in [0.15, 0.2) is 36.7 Å². The third kappa shape index (κ3) is 4.42. The molecule has 0 unspecified atom stereocenters. The third-order valence-corrected chi connectivity index (χ3v) is 7.60. The molecule has 0 bridgehead atoms. The summed E-state index contributed by atoms with van der Waals surface area (Å²) in [6, 6.07) is 5.70. The predicted molar refractivity (Wildman–Crippen MR) is 131 cm³/mol. The summed E-state index contributed by atoms with van der Waals surface area (Å²) in [6.07, 6.45) is 7.48. The minimum atomic E-state index is -0.539. The highest BCUT2D eigenvalue weighted by Gasteiger charge is 2.32. The molecule has 1 aliphatic carbocycles. The van der Waals surface area contributed by atoms with Crippen LogP contribution in [0.25, 0.3) is 5.52 Å². The molecule has 1 amide bonds. The average molecular weight is 497 g/mol. The number of ether oxygens (including phenoxy) is 1. The number of halogens is 2. The van der Waals surface area contributed by atoms with Crippen molar-refractivity contribution in [2.24, 2.45) is 5.92 Å². The normalized spacial score (nSPS) is 22.1. The Labute approximate surface area is 208 Å². The van der Waals surface area contributed by atoms with E-state index in [1.54, 1.807) is 25.3 Å². The molecule has 3 aromatic rings. The number of hydrogen-bond donors (Lipinski definition) is 1. The number of Topliss-reactive ketones (excluding diaryl/α,β-unsaturated/α-hetero) is 1. The Morgan fingerprint density at radius 3 is 2.61 bits per heavy atom. The molecule has 7 nitrogen and oxygen atoms in total. The maximum atomic E-state index is 16.0. The Balaban J connectivity index is 1.43. The first-order valence-electron chi connectivity index (χ1n) is 12.4.